The number of benzene rings is 2. The average molecular weight is 1390 g/mol. The minimum atomic E-state index is -1.68. The molecule has 4 rings (SSSR count). The van der Waals surface area contributed by atoms with Gasteiger partial charge in [0.2, 0.25) is 70.9 Å². The van der Waals surface area contributed by atoms with Crippen molar-refractivity contribution in [2.24, 2.45) is 17.8 Å². The minimum absolute atomic E-state index is 0.00716. The third-order valence-electron chi connectivity index (χ3n) is 18.3. The smallest absolute Gasteiger partial charge is 0.248 e. The number of piperidine rings is 1. The SMILES string of the molecule is CC[C@H]1C(=O)N[C@@H]([C@@H](C)O)C(=O)N(CCc2ccccc2)CC(=O)N(C)[C@@H](CC(C)C)C(=O)N[C@H](COC(C)(C)C)C(=O)N(C)[C@@H](CC(C)C)C(=O)N(C)[C@@H](CC)C(=O)N[C@H](C(=O)N2CCCCC2)CC(=O)N[C@H](C)C(=O)N(C)[C@@H](Cc2ccccc2)C(=O)N[C@@H](CC(C)C)C(=O)N1C. The first-order valence-corrected chi connectivity index (χ1v) is 35.2. The van der Waals surface area contributed by atoms with E-state index in [2.05, 4.69) is 26.6 Å². The summed E-state index contributed by atoms with van der Waals surface area (Å²) in [5.41, 5.74) is 0.591. The van der Waals surface area contributed by atoms with E-state index >= 15 is 19.2 Å². The lowest BCUT2D eigenvalue weighted by Crippen LogP contribution is -2.62. The topological polar surface area (TPSA) is 317 Å². The highest BCUT2D eigenvalue weighted by Crippen LogP contribution is 2.22. The Morgan fingerprint density at radius 2 is 1.00 bits per heavy atom. The summed E-state index contributed by atoms with van der Waals surface area (Å²) in [7, 11) is 6.99. The zero-order valence-electron chi connectivity index (χ0n) is 62.1. The number of hydrogen-bond donors (Lipinski definition) is 6. The highest BCUT2D eigenvalue weighted by molar-refractivity contribution is 6.00. The number of nitrogens with one attached hydrogen (secondary N) is 5. The van der Waals surface area contributed by atoms with Crippen LogP contribution in [0.4, 0.5) is 0 Å². The molecule has 0 aromatic heterocycles. The number of aliphatic hydroxyl groups excluding tert-OH is 1. The summed E-state index contributed by atoms with van der Waals surface area (Å²) in [6, 6.07) is 4.37. The highest BCUT2D eigenvalue weighted by Gasteiger charge is 2.43. The van der Waals surface area contributed by atoms with Gasteiger partial charge in [0.25, 0.3) is 0 Å². The van der Waals surface area contributed by atoms with Crippen molar-refractivity contribution in [2.45, 2.75) is 233 Å². The number of nitrogens with zero attached hydrogens (tertiary/aromatic N) is 7. The summed E-state index contributed by atoms with van der Waals surface area (Å²) >= 11 is 0. The molecule has 2 aliphatic rings. The number of hydrogen-bond acceptors (Lipinski definition) is 14. The molecule has 12 amide bonds. The molecule has 0 radical (unpaired) electrons. The fraction of sp³-hybridized carbons (Fsp3) is 0.671. The summed E-state index contributed by atoms with van der Waals surface area (Å²) in [5, 5.41) is 25.3. The Kier molecular flexibility index (Phi) is 33.0. The minimum Gasteiger partial charge on any atom is -0.391 e. The largest absolute Gasteiger partial charge is 0.391 e. The van der Waals surface area contributed by atoms with E-state index in [4.69, 9.17) is 4.74 Å². The third kappa shape index (κ3) is 25.0. The molecule has 6 N–H and O–H groups in total. The van der Waals surface area contributed by atoms with Gasteiger partial charge in [0.1, 0.15) is 60.4 Å². The number of likely N-dealkylation sites (N-methyl/N-ethyl adjacent to an activating group) is 5. The standard InChI is InChI=1S/C73H116N12O14/c1-19-55-63(89)76-53(70(96)84-35-28-23-29-36-84)42-60(87)74-48(9)67(93)82(17)58(41-51-32-26-22-27-33-51)66(92)75-52(38-45(3)4)68(94)80(15)56(20-2)64(90)78-62(49(10)86)72(98)85(37-34-50-30-24-21-25-31-50)43-61(88)79(14)57(39-46(5)6)65(91)77-54(44-99-73(11,12)13)69(95)83(18)59(40-47(7)8)71(97)81(55)16/h21-22,24-27,30-33,45-49,52-59,62,86H,19-20,23,28-29,34-44H2,1-18H3,(H,74,87)(H,75,92)(H,76,89)(H,77,91)(H,78,90)/t48-,49-,52+,53+,54-,55+,56+,57+,58+,59+,62+/m1/s1. The van der Waals surface area contributed by atoms with Gasteiger partial charge in [-0.1, -0.05) is 116 Å². The molecule has 0 unspecified atom stereocenters. The van der Waals surface area contributed by atoms with Crippen LogP contribution in [0.15, 0.2) is 60.7 Å². The third-order valence-corrected chi connectivity index (χ3v) is 18.3. The van der Waals surface area contributed by atoms with Gasteiger partial charge >= 0.3 is 0 Å². The van der Waals surface area contributed by atoms with Crippen molar-refractivity contribution in [2.75, 3.05) is 68.0 Å². The molecule has 0 bridgehead atoms. The van der Waals surface area contributed by atoms with Gasteiger partial charge in [-0.05, 0) is 121 Å². The Bertz CT molecular complexity index is 3050. The molecule has 2 aromatic carbocycles. The summed E-state index contributed by atoms with van der Waals surface area (Å²) in [5.74, 6) is -9.48. The molecule has 99 heavy (non-hydrogen) atoms. The summed E-state index contributed by atoms with van der Waals surface area (Å²) in [4.78, 5) is 187. The van der Waals surface area contributed by atoms with Crippen molar-refractivity contribution >= 4 is 70.9 Å². The van der Waals surface area contributed by atoms with Crippen LogP contribution in [0.5, 0.6) is 0 Å². The fourth-order valence-electron chi connectivity index (χ4n) is 12.5. The molecule has 0 aliphatic carbocycles. The molecule has 552 valence electrons. The van der Waals surface area contributed by atoms with Crippen molar-refractivity contribution < 1.29 is 67.4 Å². The Labute approximate surface area is 587 Å². The quantitative estimate of drug-likeness (QED) is 0.132. The van der Waals surface area contributed by atoms with Crippen molar-refractivity contribution in [1.29, 1.82) is 0 Å². The van der Waals surface area contributed by atoms with Crippen LogP contribution in [0.2, 0.25) is 0 Å². The molecule has 0 spiro atoms. The van der Waals surface area contributed by atoms with Crippen LogP contribution >= 0.6 is 0 Å². The molecular weight excluding hydrogens is 1270 g/mol. The number of carbonyl (C=O) groups excluding carboxylic acids is 12. The zero-order chi connectivity index (χ0) is 74.3. The second-order valence-electron chi connectivity index (χ2n) is 29.0. The van der Waals surface area contributed by atoms with Gasteiger partial charge in [-0.3, -0.25) is 57.5 Å². The normalized spacial score (nSPS) is 25.2. The molecule has 2 fully saturated rings. The lowest BCUT2D eigenvalue weighted by molar-refractivity contribution is -0.152. The van der Waals surface area contributed by atoms with Crippen LogP contribution < -0.4 is 26.6 Å². The molecule has 11 atom stereocenters. The van der Waals surface area contributed by atoms with E-state index in [1.54, 1.807) is 69.9 Å². The summed E-state index contributed by atoms with van der Waals surface area (Å²) in [6.07, 6.45) is 0.437. The van der Waals surface area contributed by atoms with Crippen molar-refractivity contribution in [3.8, 4) is 0 Å². The number of amides is 12. The van der Waals surface area contributed by atoms with Gasteiger partial charge in [-0.15, -0.1) is 0 Å². The van der Waals surface area contributed by atoms with Gasteiger partial charge in [0.15, 0.2) is 0 Å². The van der Waals surface area contributed by atoms with E-state index in [0.29, 0.717) is 31.5 Å². The van der Waals surface area contributed by atoms with E-state index in [-0.39, 0.29) is 75.9 Å². The number of carbonyl (C=O) groups is 12. The molecule has 2 heterocycles. The zero-order valence-corrected chi connectivity index (χ0v) is 62.1. The molecule has 2 aliphatic heterocycles. The monoisotopic (exact) mass is 1380 g/mol. The van der Waals surface area contributed by atoms with Crippen molar-refractivity contribution in [3.63, 3.8) is 0 Å². The van der Waals surface area contributed by atoms with Gasteiger partial charge < -0.3 is 70.7 Å². The number of aliphatic hydroxyl groups is 1. The van der Waals surface area contributed by atoms with Gasteiger partial charge in [0, 0.05) is 61.3 Å². The fourth-order valence-corrected chi connectivity index (χ4v) is 12.5. The van der Waals surface area contributed by atoms with E-state index in [0.717, 1.165) is 16.9 Å². The van der Waals surface area contributed by atoms with Crippen LogP contribution in [0.25, 0.3) is 0 Å². The van der Waals surface area contributed by atoms with Crippen LogP contribution in [0.3, 0.4) is 0 Å². The number of likely N-dealkylation sites (tertiary alicyclic amines) is 1. The highest BCUT2D eigenvalue weighted by atomic mass is 16.5. The second kappa shape index (κ2) is 39.1. The maximum Gasteiger partial charge on any atom is 0.248 e. The van der Waals surface area contributed by atoms with E-state index in [1.165, 1.54) is 73.6 Å². The van der Waals surface area contributed by atoms with E-state index < -0.39 is 156 Å². The lowest BCUT2D eigenvalue weighted by Gasteiger charge is -2.38. The maximum atomic E-state index is 15.2. The van der Waals surface area contributed by atoms with E-state index in [1.807, 2.05) is 71.9 Å². The molecule has 26 heteroatoms. The summed E-state index contributed by atoms with van der Waals surface area (Å²) < 4.78 is 6.18. The Balaban J connectivity index is 1.95. The number of rotatable bonds is 17. The number of ether oxygens (including phenoxy) is 1. The van der Waals surface area contributed by atoms with Gasteiger partial charge in [0.05, 0.1) is 31.3 Å². The Morgan fingerprint density at radius 3 is 1.53 bits per heavy atom. The second-order valence-corrected chi connectivity index (χ2v) is 29.0. The first-order valence-electron chi connectivity index (χ1n) is 35.2. The molecule has 2 saturated heterocycles. The molecule has 0 saturated carbocycles. The Hall–Kier alpha value is -8.00. The van der Waals surface area contributed by atoms with Crippen molar-refractivity contribution in [1.82, 2.24) is 60.9 Å². The van der Waals surface area contributed by atoms with Crippen molar-refractivity contribution in [3.05, 3.63) is 71.8 Å². The van der Waals surface area contributed by atoms with Crippen LogP contribution in [-0.2, 0) is 75.1 Å². The maximum absolute atomic E-state index is 15.2. The van der Waals surface area contributed by atoms with Crippen LogP contribution in [0, 0.1) is 17.8 Å². The average Bonchev–Trinajstić information content (AvgIpc) is 0.836. The Morgan fingerprint density at radius 1 is 0.535 bits per heavy atom. The van der Waals surface area contributed by atoms with Crippen LogP contribution in [-0.4, -0.2) is 250 Å². The summed E-state index contributed by atoms with van der Waals surface area (Å²) in [6.45, 7) is 21.9. The molecule has 26 nitrogen and oxygen atoms in total. The van der Waals surface area contributed by atoms with Gasteiger partial charge in [-0.2, -0.15) is 0 Å². The van der Waals surface area contributed by atoms with E-state index in [9.17, 15) is 43.5 Å². The first-order chi connectivity index (χ1) is 46.4. The molecule has 2 aromatic rings. The molecular formula is C73H116N12O14. The first kappa shape index (κ1) is 83.4. The van der Waals surface area contributed by atoms with Gasteiger partial charge in [-0.25, -0.2) is 0 Å². The van der Waals surface area contributed by atoms with Crippen LogP contribution in [0.1, 0.15) is 159 Å². The predicted octanol–water partition coefficient (Wildman–Crippen LogP) is 3.45. The predicted molar refractivity (Wildman–Crippen MR) is 376 cm³/mol. The lowest BCUT2D eigenvalue weighted by atomic mass is 9.99.